The molecule has 1 unspecified atom stereocenters. The maximum Gasteiger partial charge on any atom is 0.222 e. The number of nitrogens with two attached hydrogens (primary N) is 1. The van der Waals surface area contributed by atoms with Crippen LogP contribution in [0, 0.1) is 11.3 Å². The van der Waals surface area contributed by atoms with E-state index < -0.39 is 0 Å². The Labute approximate surface area is 123 Å². The number of nitrogens with zero attached hydrogens (tertiary/aromatic N) is 3. The molecule has 1 heterocycles. The number of carbonyl (C=O) groups excluding carboxylic acids is 1. The van der Waals surface area contributed by atoms with Crippen LogP contribution in [0.5, 0.6) is 0 Å². The first-order valence-electron chi connectivity index (χ1n) is 7.01. The summed E-state index contributed by atoms with van der Waals surface area (Å²) in [6.45, 7) is 4.44. The molecule has 110 valence electrons. The van der Waals surface area contributed by atoms with Gasteiger partial charge in [-0.15, -0.1) is 0 Å². The highest BCUT2D eigenvalue weighted by Gasteiger charge is 2.13. The van der Waals surface area contributed by atoms with Crippen LogP contribution in [0.2, 0.25) is 0 Å². The van der Waals surface area contributed by atoms with Crippen molar-refractivity contribution in [1.29, 1.82) is 5.26 Å². The number of benzene rings is 1. The van der Waals surface area contributed by atoms with Crippen LogP contribution in [-0.2, 0) is 11.3 Å². The summed E-state index contributed by atoms with van der Waals surface area (Å²) >= 11 is 0. The van der Waals surface area contributed by atoms with Gasteiger partial charge in [0.2, 0.25) is 11.9 Å². The molecule has 0 aliphatic heterocycles. The highest BCUT2D eigenvalue weighted by Crippen LogP contribution is 2.21. The average Bonchev–Trinajstić information content (AvgIpc) is 2.80. The molecule has 6 nitrogen and oxygen atoms in total. The lowest BCUT2D eigenvalue weighted by molar-refractivity contribution is -0.121. The number of aromatic nitrogens is 2. The normalized spacial score (nSPS) is 12.0. The summed E-state index contributed by atoms with van der Waals surface area (Å²) in [6.07, 6.45) is 1.23. The molecule has 2 rings (SSSR count). The van der Waals surface area contributed by atoms with Crippen molar-refractivity contribution < 1.29 is 4.79 Å². The van der Waals surface area contributed by atoms with Crippen molar-refractivity contribution in [2.24, 2.45) is 0 Å². The molecule has 6 heteroatoms. The van der Waals surface area contributed by atoms with E-state index in [2.05, 4.69) is 16.4 Å². The molecular weight excluding hydrogens is 266 g/mol. The van der Waals surface area contributed by atoms with Crippen molar-refractivity contribution in [1.82, 2.24) is 14.9 Å². The van der Waals surface area contributed by atoms with Crippen molar-refractivity contribution in [2.75, 3.05) is 5.73 Å². The fourth-order valence-electron chi connectivity index (χ4n) is 2.15. The summed E-state index contributed by atoms with van der Waals surface area (Å²) in [6, 6.07) is 7.61. The first-order valence-corrected chi connectivity index (χ1v) is 7.01. The van der Waals surface area contributed by atoms with E-state index >= 15 is 0 Å². The quantitative estimate of drug-likeness (QED) is 0.875. The van der Waals surface area contributed by atoms with Gasteiger partial charge in [0.05, 0.1) is 11.1 Å². The van der Waals surface area contributed by atoms with Crippen molar-refractivity contribution >= 4 is 22.9 Å². The first-order chi connectivity index (χ1) is 10.1. The third-order valence-corrected chi connectivity index (χ3v) is 3.51. The van der Waals surface area contributed by atoms with E-state index in [-0.39, 0.29) is 11.9 Å². The van der Waals surface area contributed by atoms with Crippen molar-refractivity contribution in [3.63, 3.8) is 0 Å². The van der Waals surface area contributed by atoms with Gasteiger partial charge >= 0.3 is 0 Å². The standard InChI is InChI=1S/C15H19N5O/c1-3-10(2)18-13(21)7-8-20-12-6-4-5-11(9-16)14(12)19-15(20)17/h4-6,10H,3,7-8H2,1-2H3,(H2,17,19)(H,18,21). The number of imidazole rings is 1. The number of amides is 1. The smallest absolute Gasteiger partial charge is 0.222 e. The van der Waals surface area contributed by atoms with Crippen LogP contribution in [0.25, 0.3) is 11.0 Å². The molecule has 21 heavy (non-hydrogen) atoms. The summed E-state index contributed by atoms with van der Waals surface area (Å²) in [5, 5.41) is 12.0. The van der Waals surface area contributed by atoms with E-state index in [9.17, 15) is 4.79 Å². The van der Waals surface area contributed by atoms with E-state index in [0.717, 1.165) is 11.9 Å². The van der Waals surface area contributed by atoms with Crippen LogP contribution in [0.1, 0.15) is 32.3 Å². The fourth-order valence-corrected chi connectivity index (χ4v) is 2.15. The number of nitriles is 1. The van der Waals surface area contributed by atoms with E-state index in [1.165, 1.54) is 0 Å². The predicted octanol–water partition coefficient (Wildman–Crippen LogP) is 1.79. The lowest BCUT2D eigenvalue weighted by Gasteiger charge is -2.12. The van der Waals surface area contributed by atoms with E-state index in [4.69, 9.17) is 11.0 Å². The Balaban J connectivity index is 2.18. The van der Waals surface area contributed by atoms with Crippen molar-refractivity contribution in [3.05, 3.63) is 23.8 Å². The minimum absolute atomic E-state index is 0.0120. The number of fused-ring (bicyclic) bond motifs is 1. The van der Waals surface area contributed by atoms with Crippen LogP contribution in [-0.4, -0.2) is 21.5 Å². The number of nitrogens with one attached hydrogen (secondary N) is 1. The molecule has 1 aromatic heterocycles. The van der Waals surface area contributed by atoms with Gasteiger partial charge in [-0.2, -0.15) is 5.26 Å². The van der Waals surface area contributed by atoms with Crippen LogP contribution < -0.4 is 11.1 Å². The Morgan fingerprint density at radius 2 is 2.33 bits per heavy atom. The van der Waals surface area contributed by atoms with Gasteiger partial charge in [0.25, 0.3) is 0 Å². The number of carbonyl (C=O) groups is 1. The molecule has 0 aliphatic carbocycles. The van der Waals surface area contributed by atoms with Crippen LogP contribution in [0.15, 0.2) is 18.2 Å². The van der Waals surface area contributed by atoms with Gasteiger partial charge in [0.1, 0.15) is 11.6 Å². The molecule has 2 aromatic rings. The van der Waals surface area contributed by atoms with Crippen LogP contribution >= 0.6 is 0 Å². The lowest BCUT2D eigenvalue weighted by Crippen LogP contribution is -2.32. The number of hydrogen-bond donors (Lipinski definition) is 2. The number of anilines is 1. The Kier molecular flexibility index (Phi) is 4.43. The number of rotatable bonds is 5. The fraction of sp³-hybridized carbons (Fsp3) is 0.400. The molecule has 1 atom stereocenters. The number of hydrogen-bond acceptors (Lipinski definition) is 4. The zero-order valence-electron chi connectivity index (χ0n) is 12.3. The topological polar surface area (TPSA) is 96.7 Å². The van der Waals surface area contributed by atoms with Gasteiger partial charge in [-0.3, -0.25) is 4.79 Å². The summed E-state index contributed by atoms with van der Waals surface area (Å²) in [5.41, 5.74) is 7.75. The van der Waals surface area contributed by atoms with Gasteiger partial charge in [0, 0.05) is 19.0 Å². The lowest BCUT2D eigenvalue weighted by atomic mass is 10.2. The maximum absolute atomic E-state index is 11.8. The second-order valence-corrected chi connectivity index (χ2v) is 5.03. The molecule has 1 amide bonds. The minimum atomic E-state index is -0.0120. The molecule has 0 bridgehead atoms. The second-order valence-electron chi connectivity index (χ2n) is 5.03. The molecule has 3 N–H and O–H groups in total. The Morgan fingerprint density at radius 3 is 3.00 bits per heavy atom. The molecule has 0 fully saturated rings. The third kappa shape index (κ3) is 3.14. The Morgan fingerprint density at radius 1 is 1.57 bits per heavy atom. The number of nitrogen functional groups attached to an aromatic ring is 1. The first kappa shape index (κ1) is 14.9. The molecule has 1 aromatic carbocycles. The van der Waals surface area contributed by atoms with Crippen molar-refractivity contribution in [2.45, 2.75) is 39.3 Å². The number of para-hydroxylation sites is 1. The summed E-state index contributed by atoms with van der Waals surface area (Å²) in [7, 11) is 0. The van der Waals surface area contributed by atoms with Crippen molar-refractivity contribution in [3.8, 4) is 6.07 Å². The van der Waals surface area contributed by atoms with E-state index in [0.29, 0.717) is 30.0 Å². The molecular formula is C15H19N5O. The van der Waals surface area contributed by atoms with Crippen LogP contribution in [0.4, 0.5) is 5.95 Å². The second kappa shape index (κ2) is 6.27. The summed E-state index contributed by atoms with van der Waals surface area (Å²) in [4.78, 5) is 16.1. The largest absolute Gasteiger partial charge is 0.369 e. The average molecular weight is 285 g/mol. The van der Waals surface area contributed by atoms with E-state index in [1.54, 1.807) is 16.7 Å². The molecule has 0 radical (unpaired) electrons. The zero-order valence-corrected chi connectivity index (χ0v) is 12.3. The SMILES string of the molecule is CCC(C)NC(=O)CCn1c(N)nc2c(C#N)cccc21. The molecule has 0 aliphatic rings. The van der Waals surface area contributed by atoms with Gasteiger partial charge in [-0.05, 0) is 25.5 Å². The zero-order chi connectivity index (χ0) is 15.4. The third-order valence-electron chi connectivity index (χ3n) is 3.51. The predicted molar refractivity (Wildman–Crippen MR) is 81.4 cm³/mol. The maximum atomic E-state index is 11.8. The number of aryl methyl sites for hydroxylation is 1. The summed E-state index contributed by atoms with van der Waals surface area (Å²) < 4.78 is 1.77. The van der Waals surface area contributed by atoms with Gasteiger partial charge in [0.15, 0.2) is 0 Å². The summed E-state index contributed by atoms with van der Waals surface area (Å²) in [5.74, 6) is 0.311. The minimum Gasteiger partial charge on any atom is -0.369 e. The van der Waals surface area contributed by atoms with Gasteiger partial charge in [-0.1, -0.05) is 13.0 Å². The highest BCUT2D eigenvalue weighted by molar-refractivity contribution is 5.84. The van der Waals surface area contributed by atoms with E-state index in [1.807, 2.05) is 19.9 Å². The highest BCUT2D eigenvalue weighted by atomic mass is 16.1. The van der Waals surface area contributed by atoms with Gasteiger partial charge < -0.3 is 15.6 Å². The molecule has 0 spiro atoms. The van der Waals surface area contributed by atoms with Gasteiger partial charge in [-0.25, -0.2) is 4.98 Å². The Hall–Kier alpha value is -2.55. The van der Waals surface area contributed by atoms with Crippen LogP contribution in [0.3, 0.4) is 0 Å². The monoisotopic (exact) mass is 285 g/mol. The molecule has 0 saturated carbocycles. The molecule has 0 saturated heterocycles. The Bertz CT molecular complexity index is 698.